The molecule has 0 rings (SSSR count). The maximum atomic E-state index is 10.1. The van der Waals surface area contributed by atoms with Crippen LogP contribution in [-0.4, -0.2) is 11.8 Å². The number of hydrogen-bond acceptors (Lipinski definition) is 2. The second-order valence-electron chi connectivity index (χ2n) is 1.46. The zero-order chi connectivity index (χ0) is 7.11. The Kier molecular flexibility index (Phi) is 5.32. The molecule has 0 spiro atoms. The predicted molar refractivity (Wildman–Crippen MR) is 36.2 cm³/mol. The van der Waals surface area contributed by atoms with E-state index in [2.05, 4.69) is 4.74 Å². The Morgan fingerprint density at radius 2 is 2.44 bits per heavy atom. The number of allylic oxidation sites excluding steroid dienone is 1. The van der Waals surface area contributed by atoms with Gasteiger partial charge in [-0.2, -0.15) is 0 Å². The first-order valence-electron chi connectivity index (χ1n) is 2.65. The minimum atomic E-state index is -0.305. The Hall–Kier alpha value is -0.500. The molecule has 0 aliphatic rings. The number of alkyl halides is 1. The number of rotatable bonds is 3. The van der Waals surface area contributed by atoms with E-state index < -0.39 is 0 Å². The van der Waals surface area contributed by atoms with Crippen molar-refractivity contribution in [3.8, 4) is 0 Å². The van der Waals surface area contributed by atoms with E-state index >= 15 is 0 Å². The maximum Gasteiger partial charge on any atom is 0.307 e. The minimum absolute atomic E-state index is 0.305. The number of ether oxygens (including phenoxy) is 1. The maximum absolute atomic E-state index is 10.1. The van der Waals surface area contributed by atoms with Crippen molar-refractivity contribution in [3.05, 3.63) is 12.3 Å². The van der Waals surface area contributed by atoms with E-state index in [0.29, 0.717) is 5.88 Å². The van der Waals surface area contributed by atoms with E-state index in [1.807, 2.05) is 0 Å². The summed E-state index contributed by atoms with van der Waals surface area (Å²) < 4.78 is 4.47. The summed E-state index contributed by atoms with van der Waals surface area (Å²) in [7, 11) is 0. The molecule has 0 atom stereocenters. The second kappa shape index (κ2) is 5.63. The number of carbonyl (C=O) groups is 1. The highest BCUT2D eigenvalue weighted by molar-refractivity contribution is 6.17. The van der Waals surface area contributed by atoms with Crippen molar-refractivity contribution in [2.24, 2.45) is 0 Å². The molecule has 2 nitrogen and oxygen atoms in total. The molecule has 9 heavy (non-hydrogen) atoms. The first-order valence-corrected chi connectivity index (χ1v) is 3.19. The molecule has 0 unspecified atom stereocenters. The van der Waals surface area contributed by atoms with Crippen molar-refractivity contribution in [1.29, 1.82) is 0 Å². The van der Waals surface area contributed by atoms with E-state index in [4.69, 9.17) is 11.6 Å². The van der Waals surface area contributed by atoms with Crippen LogP contribution in [0, 0.1) is 0 Å². The number of esters is 1. The first kappa shape index (κ1) is 8.50. The normalized spacial score (nSPS) is 10.0. The monoisotopic (exact) mass is 148 g/mol. The van der Waals surface area contributed by atoms with Crippen LogP contribution in [0.3, 0.4) is 0 Å². The number of carbonyl (C=O) groups excluding carboxylic acids is 1. The van der Waals surface area contributed by atoms with Crippen molar-refractivity contribution < 1.29 is 9.53 Å². The van der Waals surface area contributed by atoms with Gasteiger partial charge >= 0.3 is 5.97 Å². The van der Waals surface area contributed by atoms with Crippen LogP contribution in [-0.2, 0) is 9.53 Å². The largest absolute Gasteiger partial charge is 0.435 e. The van der Waals surface area contributed by atoms with Gasteiger partial charge in [-0.25, -0.2) is 0 Å². The van der Waals surface area contributed by atoms with Crippen molar-refractivity contribution in [3.63, 3.8) is 0 Å². The lowest BCUT2D eigenvalue weighted by Gasteiger charge is -1.88. The fraction of sp³-hybridized carbons (Fsp3) is 0.500. The van der Waals surface area contributed by atoms with Gasteiger partial charge in [0.15, 0.2) is 0 Å². The molecule has 0 aliphatic carbocycles. The molecule has 0 aromatic carbocycles. The van der Waals surface area contributed by atoms with Crippen molar-refractivity contribution in [2.45, 2.75) is 13.3 Å². The van der Waals surface area contributed by atoms with E-state index in [0.717, 1.165) is 6.42 Å². The van der Waals surface area contributed by atoms with E-state index in [-0.39, 0.29) is 5.97 Å². The summed E-state index contributed by atoms with van der Waals surface area (Å²) in [5.74, 6) is 0.249. The third-order valence-corrected chi connectivity index (χ3v) is 0.824. The quantitative estimate of drug-likeness (QED) is 0.346. The topological polar surface area (TPSA) is 26.3 Å². The SMILES string of the molecule is CC(=O)OC=CCCCl. The summed E-state index contributed by atoms with van der Waals surface area (Å²) in [6.45, 7) is 1.35. The fourth-order valence-corrected chi connectivity index (χ4v) is 0.401. The Morgan fingerprint density at radius 1 is 1.78 bits per heavy atom. The summed E-state index contributed by atoms with van der Waals surface area (Å²) in [4.78, 5) is 10.1. The summed E-state index contributed by atoms with van der Waals surface area (Å²) in [5, 5.41) is 0. The average molecular weight is 149 g/mol. The van der Waals surface area contributed by atoms with Gasteiger partial charge in [0, 0.05) is 12.8 Å². The summed E-state index contributed by atoms with van der Waals surface area (Å²) >= 11 is 5.33. The van der Waals surface area contributed by atoms with Gasteiger partial charge in [-0.1, -0.05) is 0 Å². The Balaban J connectivity index is 3.14. The van der Waals surface area contributed by atoms with Crippen molar-refractivity contribution >= 4 is 17.6 Å². The molecule has 0 saturated heterocycles. The third kappa shape index (κ3) is 7.50. The number of hydrogen-bond donors (Lipinski definition) is 0. The van der Waals surface area contributed by atoms with E-state index in [1.165, 1.54) is 13.2 Å². The molecule has 0 radical (unpaired) electrons. The van der Waals surface area contributed by atoms with Crippen LogP contribution in [0.2, 0.25) is 0 Å². The molecule has 0 aliphatic heterocycles. The standard InChI is InChI=1S/C6H9ClO2/c1-6(8)9-5-3-2-4-7/h3,5H,2,4H2,1H3. The highest BCUT2D eigenvalue weighted by atomic mass is 35.5. The van der Waals surface area contributed by atoms with Crippen molar-refractivity contribution in [1.82, 2.24) is 0 Å². The summed E-state index contributed by atoms with van der Waals surface area (Å²) in [6.07, 6.45) is 3.79. The molecule has 0 aromatic rings. The second-order valence-corrected chi connectivity index (χ2v) is 1.84. The average Bonchev–Trinajstić information content (AvgIpc) is 1.80. The summed E-state index contributed by atoms with van der Waals surface area (Å²) in [5.41, 5.74) is 0. The molecule has 3 heteroatoms. The molecule has 0 bridgehead atoms. The zero-order valence-corrected chi connectivity index (χ0v) is 6.02. The zero-order valence-electron chi connectivity index (χ0n) is 5.26. The lowest BCUT2D eigenvalue weighted by molar-refractivity contribution is -0.135. The highest BCUT2D eigenvalue weighted by Gasteiger charge is 1.82. The lowest BCUT2D eigenvalue weighted by Crippen LogP contribution is -1.89. The van der Waals surface area contributed by atoms with Crippen LogP contribution in [0.4, 0.5) is 0 Å². The molecular formula is C6H9ClO2. The first-order chi connectivity index (χ1) is 4.27. The van der Waals surface area contributed by atoms with Crippen LogP contribution in [0.25, 0.3) is 0 Å². The van der Waals surface area contributed by atoms with Crippen LogP contribution >= 0.6 is 11.6 Å². The minimum Gasteiger partial charge on any atom is -0.435 e. The van der Waals surface area contributed by atoms with Gasteiger partial charge in [-0.3, -0.25) is 4.79 Å². The third-order valence-electron chi connectivity index (χ3n) is 0.606. The molecule has 0 N–H and O–H groups in total. The van der Waals surface area contributed by atoms with Gasteiger partial charge in [0.05, 0.1) is 6.26 Å². The molecule has 0 saturated carbocycles. The van der Waals surface area contributed by atoms with Crippen molar-refractivity contribution in [2.75, 3.05) is 5.88 Å². The molecule has 0 fully saturated rings. The molecule has 0 aromatic heterocycles. The van der Waals surface area contributed by atoms with Gasteiger partial charge in [0.1, 0.15) is 0 Å². The Morgan fingerprint density at radius 3 is 2.89 bits per heavy atom. The summed E-state index contributed by atoms with van der Waals surface area (Å²) in [6, 6.07) is 0. The van der Waals surface area contributed by atoms with E-state index in [1.54, 1.807) is 6.08 Å². The van der Waals surface area contributed by atoms with Crippen LogP contribution in [0.5, 0.6) is 0 Å². The van der Waals surface area contributed by atoms with Crippen LogP contribution in [0.1, 0.15) is 13.3 Å². The van der Waals surface area contributed by atoms with Gasteiger partial charge in [-0.15, -0.1) is 11.6 Å². The van der Waals surface area contributed by atoms with Gasteiger partial charge in [0.25, 0.3) is 0 Å². The lowest BCUT2D eigenvalue weighted by atomic mass is 10.5. The number of halogens is 1. The van der Waals surface area contributed by atoms with Gasteiger partial charge < -0.3 is 4.74 Å². The van der Waals surface area contributed by atoms with Crippen LogP contribution < -0.4 is 0 Å². The smallest absolute Gasteiger partial charge is 0.307 e. The van der Waals surface area contributed by atoms with Gasteiger partial charge in [0.2, 0.25) is 0 Å². The van der Waals surface area contributed by atoms with Crippen LogP contribution in [0.15, 0.2) is 12.3 Å². The van der Waals surface area contributed by atoms with E-state index in [9.17, 15) is 4.79 Å². The predicted octanol–water partition coefficient (Wildman–Crippen LogP) is 1.69. The highest BCUT2D eigenvalue weighted by Crippen LogP contribution is 1.87. The Bertz CT molecular complexity index is 110. The van der Waals surface area contributed by atoms with Gasteiger partial charge in [-0.05, 0) is 12.5 Å². The molecule has 0 amide bonds. The Labute approximate surface area is 59.5 Å². The molecule has 52 valence electrons. The molecular weight excluding hydrogens is 140 g/mol. The fourth-order valence-electron chi connectivity index (χ4n) is 0.275. The molecule has 0 heterocycles.